The standard InChI is InChI=1S/C12H23ClN4/c1-11(2)17-12(15-10-16-17)9-14-8-6-4-3-5-7-13/h10-11,14H,3-9H2,1-2H3. The molecule has 17 heavy (non-hydrogen) atoms. The maximum Gasteiger partial charge on any atom is 0.141 e. The van der Waals surface area contributed by atoms with Crippen molar-refractivity contribution in [3.8, 4) is 0 Å². The van der Waals surface area contributed by atoms with Crippen molar-refractivity contribution < 1.29 is 0 Å². The van der Waals surface area contributed by atoms with E-state index in [9.17, 15) is 0 Å². The molecule has 0 saturated heterocycles. The van der Waals surface area contributed by atoms with E-state index in [0.29, 0.717) is 6.04 Å². The first-order chi connectivity index (χ1) is 8.25. The lowest BCUT2D eigenvalue weighted by Gasteiger charge is -2.09. The van der Waals surface area contributed by atoms with Crippen LogP contribution in [0.3, 0.4) is 0 Å². The first-order valence-electron chi connectivity index (χ1n) is 6.40. The summed E-state index contributed by atoms with van der Waals surface area (Å²) in [6.07, 6.45) is 6.43. The molecule has 1 N–H and O–H groups in total. The van der Waals surface area contributed by atoms with Crippen molar-refractivity contribution in [2.45, 2.75) is 52.1 Å². The van der Waals surface area contributed by atoms with E-state index >= 15 is 0 Å². The van der Waals surface area contributed by atoms with Crippen molar-refractivity contribution in [1.29, 1.82) is 0 Å². The van der Waals surface area contributed by atoms with Gasteiger partial charge in [-0.15, -0.1) is 11.6 Å². The monoisotopic (exact) mass is 258 g/mol. The Bertz CT molecular complexity index is 298. The van der Waals surface area contributed by atoms with Gasteiger partial charge in [0.1, 0.15) is 12.2 Å². The summed E-state index contributed by atoms with van der Waals surface area (Å²) < 4.78 is 1.96. The Morgan fingerprint density at radius 1 is 1.29 bits per heavy atom. The van der Waals surface area contributed by atoms with Crippen LogP contribution in [-0.4, -0.2) is 27.2 Å². The van der Waals surface area contributed by atoms with Gasteiger partial charge in [-0.2, -0.15) is 5.10 Å². The first-order valence-corrected chi connectivity index (χ1v) is 6.94. The zero-order valence-electron chi connectivity index (χ0n) is 10.8. The Balaban J connectivity index is 2.11. The summed E-state index contributed by atoms with van der Waals surface area (Å²) in [4.78, 5) is 4.26. The summed E-state index contributed by atoms with van der Waals surface area (Å²) in [6, 6.07) is 0.373. The minimum atomic E-state index is 0.373. The van der Waals surface area contributed by atoms with Gasteiger partial charge in [-0.3, -0.25) is 0 Å². The zero-order chi connectivity index (χ0) is 12.5. The van der Waals surface area contributed by atoms with E-state index in [2.05, 4.69) is 29.2 Å². The lowest BCUT2D eigenvalue weighted by molar-refractivity contribution is 0.486. The second kappa shape index (κ2) is 8.48. The van der Waals surface area contributed by atoms with Crippen LogP contribution in [0.2, 0.25) is 0 Å². The third-order valence-electron chi connectivity index (χ3n) is 2.66. The van der Waals surface area contributed by atoms with Gasteiger partial charge in [-0.25, -0.2) is 9.67 Å². The van der Waals surface area contributed by atoms with E-state index < -0.39 is 0 Å². The third kappa shape index (κ3) is 5.50. The van der Waals surface area contributed by atoms with Crippen LogP contribution in [0.4, 0.5) is 0 Å². The largest absolute Gasteiger partial charge is 0.310 e. The highest BCUT2D eigenvalue weighted by atomic mass is 35.5. The lowest BCUT2D eigenvalue weighted by atomic mass is 10.2. The van der Waals surface area contributed by atoms with Gasteiger partial charge in [0, 0.05) is 11.9 Å². The highest BCUT2D eigenvalue weighted by Crippen LogP contribution is 2.05. The molecule has 0 fully saturated rings. The van der Waals surface area contributed by atoms with E-state index in [0.717, 1.165) is 31.2 Å². The van der Waals surface area contributed by atoms with Crippen LogP contribution in [0, 0.1) is 0 Å². The Kier molecular flexibility index (Phi) is 7.21. The Morgan fingerprint density at radius 3 is 2.76 bits per heavy atom. The Labute approximate surface area is 109 Å². The number of rotatable bonds is 9. The fourth-order valence-electron chi connectivity index (χ4n) is 1.73. The second-order valence-electron chi connectivity index (χ2n) is 4.49. The SMILES string of the molecule is CC(C)n1ncnc1CNCCCCCCCl. The average molecular weight is 259 g/mol. The van der Waals surface area contributed by atoms with Crippen LogP contribution in [-0.2, 0) is 6.54 Å². The Morgan fingerprint density at radius 2 is 2.06 bits per heavy atom. The number of hydrogen-bond donors (Lipinski definition) is 1. The van der Waals surface area contributed by atoms with Crippen LogP contribution < -0.4 is 5.32 Å². The highest BCUT2D eigenvalue weighted by molar-refractivity contribution is 6.17. The molecule has 0 spiro atoms. The van der Waals surface area contributed by atoms with Crippen molar-refractivity contribution in [3.05, 3.63) is 12.2 Å². The van der Waals surface area contributed by atoms with Gasteiger partial charge in [-0.05, 0) is 33.2 Å². The zero-order valence-corrected chi connectivity index (χ0v) is 11.6. The van der Waals surface area contributed by atoms with Crippen molar-refractivity contribution in [1.82, 2.24) is 20.1 Å². The second-order valence-corrected chi connectivity index (χ2v) is 4.87. The van der Waals surface area contributed by atoms with Gasteiger partial charge in [-0.1, -0.05) is 12.8 Å². The molecule has 0 saturated carbocycles. The Hall–Kier alpha value is -0.610. The number of unbranched alkanes of at least 4 members (excludes halogenated alkanes) is 3. The number of aromatic nitrogens is 3. The number of nitrogens with zero attached hydrogens (tertiary/aromatic N) is 3. The molecule has 0 aliphatic carbocycles. The summed E-state index contributed by atoms with van der Waals surface area (Å²) >= 11 is 5.62. The molecule has 1 heterocycles. The topological polar surface area (TPSA) is 42.7 Å². The third-order valence-corrected chi connectivity index (χ3v) is 2.92. The summed E-state index contributed by atoms with van der Waals surface area (Å²) in [5.41, 5.74) is 0. The summed E-state index contributed by atoms with van der Waals surface area (Å²) in [5, 5.41) is 7.61. The molecule has 0 aliphatic rings. The molecule has 0 aromatic carbocycles. The number of halogens is 1. The van der Waals surface area contributed by atoms with Crippen LogP contribution in [0.5, 0.6) is 0 Å². The normalized spacial score (nSPS) is 11.3. The van der Waals surface area contributed by atoms with Crippen molar-refractivity contribution in [2.75, 3.05) is 12.4 Å². The van der Waals surface area contributed by atoms with E-state index in [4.69, 9.17) is 11.6 Å². The molecule has 1 rings (SSSR count). The van der Waals surface area contributed by atoms with Gasteiger partial charge in [0.2, 0.25) is 0 Å². The van der Waals surface area contributed by atoms with Crippen LogP contribution in [0.15, 0.2) is 6.33 Å². The molecular weight excluding hydrogens is 236 g/mol. The van der Waals surface area contributed by atoms with Crippen LogP contribution in [0.1, 0.15) is 51.4 Å². The first kappa shape index (κ1) is 14.5. The molecule has 98 valence electrons. The molecule has 0 unspecified atom stereocenters. The van der Waals surface area contributed by atoms with Crippen LogP contribution >= 0.6 is 11.6 Å². The predicted molar refractivity (Wildman–Crippen MR) is 71.3 cm³/mol. The van der Waals surface area contributed by atoms with Crippen LogP contribution in [0.25, 0.3) is 0 Å². The average Bonchev–Trinajstić information content (AvgIpc) is 2.76. The molecule has 1 aromatic heterocycles. The molecule has 4 nitrogen and oxygen atoms in total. The minimum absolute atomic E-state index is 0.373. The fraction of sp³-hybridized carbons (Fsp3) is 0.833. The van der Waals surface area contributed by atoms with Gasteiger partial charge in [0.25, 0.3) is 0 Å². The number of alkyl halides is 1. The van der Waals surface area contributed by atoms with Gasteiger partial charge in [0.05, 0.1) is 6.54 Å². The predicted octanol–water partition coefficient (Wildman–Crippen LogP) is 2.75. The maximum atomic E-state index is 5.62. The number of hydrogen-bond acceptors (Lipinski definition) is 3. The quantitative estimate of drug-likeness (QED) is 0.547. The van der Waals surface area contributed by atoms with Gasteiger partial charge >= 0.3 is 0 Å². The van der Waals surface area contributed by atoms with Crippen molar-refractivity contribution >= 4 is 11.6 Å². The molecule has 0 aliphatic heterocycles. The van der Waals surface area contributed by atoms with Gasteiger partial charge < -0.3 is 5.32 Å². The van der Waals surface area contributed by atoms with E-state index in [1.807, 2.05) is 4.68 Å². The minimum Gasteiger partial charge on any atom is -0.310 e. The fourth-order valence-corrected chi connectivity index (χ4v) is 1.92. The summed E-state index contributed by atoms with van der Waals surface area (Å²) in [5.74, 6) is 1.80. The molecule has 0 atom stereocenters. The van der Waals surface area contributed by atoms with E-state index in [1.54, 1.807) is 6.33 Å². The molecule has 1 aromatic rings. The van der Waals surface area contributed by atoms with Crippen molar-refractivity contribution in [2.24, 2.45) is 0 Å². The maximum absolute atomic E-state index is 5.62. The van der Waals surface area contributed by atoms with Gasteiger partial charge in [0.15, 0.2) is 0 Å². The molecule has 0 radical (unpaired) electrons. The van der Waals surface area contributed by atoms with Crippen molar-refractivity contribution in [3.63, 3.8) is 0 Å². The highest BCUT2D eigenvalue weighted by Gasteiger charge is 2.06. The lowest BCUT2D eigenvalue weighted by Crippen LogP contribution is -2.19. The summed E-state index contributed by atoms with van der Waals surface area (Å²) in [6.45, 7) is 6.07. The van der Waals surface area contributed by atoms with E-state index in [-0.39, 0.29) is 0 Å². The smallest absolute Gasteiger partial charge is 0.141 e. The van der Waals surface area contributed by atoms with E-state index in [1.165, 1.54) is 19.3 Å². The summed E-state index contributed by atoms with van der Waals surface area (Å²) in [7, 11) is 0. The molecule has 5 heteroatoms. The molecular formula is C12H23ClN4. The molecule has 0 bridgehead atoms. The number of nitrogens with one attached hydrogen (secondary N) is 1. The molecule has 0 amide bonds.